The Morgan fingerprint density at radius 1 is 1.11 bits per heavy atom. The van der Waals surface area contributed by atoms with E-state index in [1.165, 1.54) is 6.07 Å². The van der Waals surface area contributed by atoms with E-state index in [1.807, 2.05) is 35.2 Å². The Kier molecular flexibility index (Phi) is 4.18. The molecule has 3 aromatic rings. The van der Waals surface area contributed by atoms with Crippen LogP contribution in [0, 0.1) is 17.7 Å². The lowest BCUT2D eigenvalue weighted by molar-refractivity contribution is -0.134. The molecule has 1 aromatic heterocycles. The number of hydrogen-bond acceptors (Lipinski definition) is 2. The first-order valence-corrected chi connectivity index (χ1v) is 10.1. The van der Waals surface area contributed by atoms with Crippen molar-refractivity contribution in [2.45, 2.75) is 32.2 Å². The third kappa shape index (κ3) is 2.99. The quantitative estimate of drug-likeness (QED) is 0.666. The number of benzene rings is 2. The van der Waals surface area contributed by atoms with Gasteiger partial charge in [0.15, 0.2) is 0 Å². The number of likely N-dealkylation sites (tertiary alicyclic amines) is 1. The third-order valence-corrected chi connectivity index (χ3v) is 6.25. The zero-order valence-corrected chi connectivity index (χ0v) is 16.0. The highest BCUT2D eigenvalue weighted by molar-refractivity contribution is 5.82. The van der Waals surface area contributed by atoms with Gasteiger partial charge in [0.05, 0.1) is 11.0 Å². The molecule has 5 rings (SSSR count). The van der Waals surface area contributed by atoms with Crippen molar-refractivity contribution in [2.75, 3.05) is 13.1 Å². The lowest BCUT2D eigenvalue weighted by Gasteiger charge is -2.34. The number of nitrogens with zero attached hydrogens (tertiary/aromatic N) is 3. The van der Waals surface area contributed by atoms with Gasteiger partial charge in [-0.25, -0.2) is 9.37 Å². The second-order valence-corrected chi connectivity index (χ2v) is 8.18. The smallest absolute Gasteiger partial charge is 0.225 e. The minimum absolute atomic E-state index is 0.211. The molecule has 1 saturated heterocycles. The van der Waals surface area contributed by atoms with E-state index in [-0.39, 0.29) is 17.8 Å². The zero-order chi connectivity index (χ0) is 19.3. The largest absolute Gasteiger partial charge is 0.342 e. The van der Waals surface area contributed by atoms with Crippen LogP contribution in [0.5, 0.6) is 0 Å². The number of aromatic nitrogens is 2. The highest BCUT2D eigenvalue weighted by Gasteiger charge is 2.42. The number of imidazole rings is 1. The first-order chi connectivity index (χ1) is 13.6. The molecule has 2 unspecified atom stereocenters. The summed E-state index contributed by atoms with van der Waals surface area (Å²) in [5.74, 6) is 1.72. The van der Waals surface area contributed by atoms with Gasteiger partial charge >= 0.3 is 0 Å². The molecule has 144 valence electrons. The molecule has 2 aliphatic rings. The second kappa shape index (κ2) is 6.73. The number of hydrogen-bond donors (Lipinski definition) is 0. The molecule has 1 amide bonds. The van der Waals surface area contributed by atoms with Crippen LogP contribution >= 0.6 is 0 Å². The summed E-state index contributed by atoms with van der Waals surface area (Å²) in [6.45, 7) is 3.67. The molecule has 2 atom stereocenters. The first kappa shape index (κ1) is 17.4. The lowest BCUT2D eigenvalue weighted by Crippen LogP contribution is -2.40. The van der Waals surface area contributed by atoms with Crippen molar-refractivity contribution in [3.63, 3.8) is 0 Å². The Balaban J connectivity index is 1.48. The molecule has 0 spiro atoms. The molecule has 28 heavy (non-hydrogen) atoms. The van der Waals surface area contributed by atoms with E-state index in [1.54, 1.807) is 12.1 Å². The molecule has 4 nitrogen and oxygen atoms in total. The number of piperidine rings is 1. The predicted octanol–water partition coefficient (Wildman–Crippen LogP) is 4.66. The van der Waals surface area contributed by atoms with Crippen LogP contribution in [0.1, 0.15) is 32.2 Å². The van der Waals surface area contributed by atoms with Gasteiger partial charge in [0, 0.05) is 30.6 Å². The average molecular weight is 377 g/mol. The van der Waals surface area contributed by atoms with Crippen LogP contribution < -0.4 is 0 Å². The van der Waals surface area contributed by atoms with Crippen molar-refractivity contribution in [1.82, 2.24) is 14.5 Å². The van der Waals surface area contributed by atoms with E-state index in [0.717, 1.165) is 54.8 Å². The van der Waals surface area contributed by atoms with Gasteiger partial charge in [-0.3, -0.25) is 4.79 Å². The Morgan fingerprint density at radius 2 is 1.82 bits per heavy atom. The highest BCUT2D eigenvalue weighted by atomic mass is 19.1. The number of amides is 1. The van der Waals surface area contributed by atoms with Gasteiger partial charge < -0.3 is 9.47 Å². The fraction of sp³-hybridized carbons (Fsp3) is 0.391. The van der Waals surface area contributed by atoms with Crippen LogP contribution in [0.15, 0.2) is 48.5 Å². The third-order valence-electron chi connectivity index (χ3n) is 6.25. The molecule has 0 radical (unpaired) electrons. The Labute approximate surface area is 164 Å². The highest BCUT2D eigenvalue weighted by Crippen LogP contribution is 2.40. The Hall–Kier alpha value is -2.69. The van der Waals surface area contributed by atoms with Crippen molar-refractivity contribution < 1.29 is 9.18 Å². The van der Waals surface area contributed by atoms with Crippen LogP contribution in [0.3, 0.4) is 0 Å². The maximum atomic E-state index is 14.0. The summed E-state index contributed by atoms with van der Waals surface area (Å²) in [4.78, 5) is 19.4. The van der Waals surface area contributed by atoms with Crippen LogP contribution in [0.25, 0.3) is 22.4 Å². The van der Waals surface area contributed by atoms with Crippen molar-refractivity contribution in [2.24, 2.45) is 11.8 Å². The minimum atomic E-state index is -0.247. The molecule has 1 aliphatic heterocycles. The molecule has 2 aromatic carbocycles. The minimum Gasteiger partial charge on any atom is -0.342 e. The summed E-state index contributed by atoms with van der Waals surface area (Å²) in [5.41, 5.74) is 2.68. The molecule has 2 heterocycles. The molecule has 2 fully saturated rings. The monoisotopic (exact) mass is 377 g/mol. The second-order valence-electron chi connectivity index (χ2n) is 8.18. The number of fused-ring (bicyclic) bond motifs is 1. The molecule has 0 bridgehead atoms. The number of carbonyl (C=O) groups excluding carboxylic acids is 1. The van der Waals surface area contributed by atoms with Gasteiger partial charge in [-0.1, -0.05) is 37.3 Å². The van der Waals surface area contributed by atoms with Crippen molar-refractivity contribution in [3.8, 4) is 11.4 Å². The topological polar surface area (TPSA) is 38.1 Å². The maximum absolute atomic E-state index is 14.0. The molecule has 1 aliphatic carbocycles. The molecular formula is C23H24FN3O. The summed E-state index contributed by atoms with van der Waals surface area (Å²) in [5, 5.41) is 0. The van der Waals surface area contributed by atoms with Crippen LogP contribution in [0.2, 0.25) is 0 Å². The van der Waals surface area contributed by atoms with Crippen molar-refractivity contribution in [3.05, 3.63) is 54.3 Å². The van der Waals surface area contributed by atoms with Gasteiger partial charge in [-0.2, -0.15) is 0 Å². The lowest BCUT2D eigenvalue weighted by atomic mass is 10.0. The van der Waals surface area contributed by atoms with Gasteiger partial charge in [0.2, 0.25) is 5.91 Å². The summed E-state index contributed by atoms with van der Waals surface area (Å²) < 4.78 is 16.2. The van der Waals surface area contributed by atoms with Crippen LogP contribution in [-0.2, 0) is 4.79 Å². The van der Waals surface area contributed by atoms with Gasteiger partial charge in [-0.15, -0.1) is 0 Å². The van der Waals surface area contributed by atoms with Crippen LogP contribution in [-0.4, -0.2) is 33.4 Å². The molecule has 5 heteroatoms. The standard InChI is InChI=1S/C23H24FN3O/c1-15-13-19(15)23(28)26-11-9-18(10-12-26)27-21-14-17(24)7-8-20(21)25-22(27)16-5-3-2-4-6-16/h2-8,14-15,18-19H,9-13H2,1H3. The zero-order valence-electron chi connectivity index (χ0n) is 16.0. The Bertz CT molecular complexity index is 1020. The maximum Gasteiger partial charge on any atom is 0.225 e. The Morgan fingerprint density at radius 3 is 2.50 bits per heavy atom. The van der Waals surface area contributed by atoms with Gasteiger partial charge in [0.25, 0.3) is 0 Å². The van der Waals surface area contributed by atoms with E-state index in [4.69, 9.17) is 4.98 Å². The fourth-order valence-electron chi connectivity index (χ4n) is 4.47. The summed E-state index contributed by atoms with van der Waals surface area (Å²) in [6.07, 6.45) is 2.77. The molecule has 1 saturated carbocycles. The van der Waals surface area contributed by atoms with E-state index in [0.29, 0.717) is 11.8 Å². The predicted molar refractivity (Wildman–Crippen MR) is 107 cm³/mol. The van der Waals surface area contributed by atoms with Crippen molar-refractivity contribution >= 4 is 16.9 Å². The number of carbonyl (C=O) groups is 1. The SMILES string of the molecule is CC1CC1C(=O)N1CCC(n2c(-c3ccccc3)nc3ccc(F)cc32)CC1. The van der Waals surface area contributed by atoms with Gasteiger partial charge in [0.1, 0.15) is 11.6 Å². The average Bonchev–Trinajstić information content (AvgIpc) is 3.34. The first-order valence-electron chi connectivity index (χ1n) is 10.1. The van der Waals surface area contributed by atoms with E-state index >= 15 is 0 Å². The number of rotatable bonds is 3. The number of halogens is 1. The summed E-state index contributed by atoms with van der Waals surface area (Å²) >= 11 is 0. The molecule has 0 N–H and O–H groups in total. The summed E-state index contributed by atoms with van der Waals surface area (Å²) in [6, 6.07) is 15.1. The summed E-state index contributed by atoms with van der Waals surface area (Å²) in [7, 11) is 0. The normalized spacial score (nSPS) is 22.6. The van der Waals surface area contributed by atoms with Crippen LogP contribution in [0.4, 0.5) is 4.39 Å². The van der Waals surface area contributed by atoms with Gasteiger partial charge in [-0.05, 0) is 43.4 Å². The van der Waals surface area contributed by atoms with E-state index < -0.39 is 0 Å². The molecular weight excluding hydrogens is 353 g/mol. The fourth-order valence-corrected chi connectivity index (χ4v) is 4.47. The van der Waals surface area contributed by atoms with Crippen molar-refractivity contribution in [1.29, 1.82) is 0 Å². The van der Waals surface area contributed by atoms with E-state index in [9.17, 15) is 9.18 Å². The van der Waals surface area contributed by atoms with E-state index in [2.05, 4.69) is 11.5 Å².